The monoisotopic (exact) mass is 329 g/mol. The molecular formula is C13H13ClFN3O2S. The van der Waals surface area contributed by atoms with Gasteiger partial charge in [0.2, 0.25) is 11.8 Å². The fourth-order valence-electron chi connectivity index (χ4n) is 1.85. The normalized spacial score (nSPS) is 20.2. The molecule has 1 aliphatic heterocycles. The number of benzene rings is 1. The number of carbonyl (C=O) groups is 2. The maximum atomic E-state index is 13.0. The Morgan fingerprint density at radius 1 is 1.57 bits per heavy atom. The van der Waals surface area contributed by atoms with Gasteiger partial charge < -0.3 is 5.32 Å². The lowest BCUT2D eigenvalue weighted by Crippen LogP contribution is -2.30. The zero-order valence-corrected chi connectivity index (χ0v) is 13.0. The lowest BCUT2D eigenvalue weighted by Gasteiger charge is -2.09. The van der Waals surface area contributed by atoms with E-state index in [4.69, 9.17) is 11.6 Å². The van der Waals surface area contributed by atoms with Crippen LogP contribution in [0.3, 0.4) is 0 Å². The summed E-state index contributed by atoms with van der Waals surface area (Å²) < 4.78 is 13.0. The van der Waals surface area contributed by atoms with Crippen LogP contribution >= 0.6 is 23.4 Å². The third-order valence-electron chi connectivity index (χ3n) is 2.91. The van der Waals surface area contributed by atoms with E-state index < -0.39 is 11.1 Å². The number of hydrogen-bond donors (Lipinski definition) is 1. The van der Waals surface area contributed by atoms with E-state index in [0.717, 1.165) is 0 Å². The molecule has 2 amide bonds. The smallest absolute Gasteiger partial charge is 0.242 e. The Kier molecular flexibility index (Phi) is 4.84. The molecule has 2 rings (SSSR count). The number of hydrogen-bond acceptors (Lipinski definition) is 4. The molecule has 1 atom stereocenters. The number of rotatable bonds is 3. The van der Waals surface area contributed by atoms with Gasteiger partial charge in [0.1, 0.15) is 11.1 Å². The van der Waals surface area contributed by atoms with E-state index in [1.165, 1.54) is 34.9 Å². The number of aliphatic imine (C=N–C) groups is 1. The highest BCUT2D eigenvalue weighted by Crippen LogP contribution is 2.28. The number of halogens is 2. The number of amides is 2. The summed E-state index contributed by atoms with van der Waals surface area (Å²) in [6, 6.07) is 3.90. The summed E-state index contributed by atoms with van der Waals surface area (Å²) >= 11 is 6.89. The van der Waals surface area contributed by atoms with Crippen LogP contribution in [-0.2, 0) is 9.59 Å². The first kappa shape index (κ1) is 15.8. The van der Waals surface area contributed by atoms with Crippen LogP contribution in [0.15, 0.2) is 23.2 Å². The van der Waals surface area contributed by atoms with Gasteiger partial charge in [0.25, 0.3) is 0 Å². The summed E-state index contributed by atoms with van der Waals surface area (Å²) in [5.41, 5.74) is 0.389. The van der Waals surface area contributed by atoms with E-state index in [0.29, 0.717) is 10.9 Å². The summed E-state index contributed by atoms with van der Waals surface area (Å²) in [6.45, 7) is 0. The van der Waals surface area contributed by atoms with Crippen molar-refractivity contribution in [2.75, 3.05) is 19.4 Å². The van der Waals surface area contributed by atoms with Crippen molar-refractivity contribution in [3.05, 3.63) is 29.0 Å². The van der Waals surface area contributed by atoms with Crippen molar-refractivity contribution in [3.8, 4) is 0 Å². The minimum atomic E-state index is -0.554. The van der Waals surface area contributed by atoms with Crippen molar-refractivity contribution in [1.82, 2.24) is 4.90 Å². The zero-order chi connectivity index (χ0) is 15.6. The summed E-state index contributed by atoms with van der Waals surface area (Å²) in [5.74, 6) is -1.05. The number of nitrogens with zero attached hydrogens (tertiary/aromatic N) is 2. The van der Waals surface area contributed by atoms with Crippen LogP contribution in [0.1, 0.15) is 6.42 Å². The molecule has 0 aliphatic carbocycles. The summed E-state index contributed by atoms with van der Waals surface area (Å²) in [5, 5.41) is 2.61. The van der Waals surface area contributed by atoms with Gasteiger partial charge in [-0.3, -0.25) is 19.5 Å². The van der Waals surface area contributed by atoms with E-state index in [2.05, 4.69) is 10.3 Å². The van der Waals surface area contributed by atoms with E-state index in [1.807, 2.05) is 0 Å². The Bertz CT molecular complexity index is 623. The number of anilines is 1. The average molecular weight is 330 g/mol. The summed E-state index contributed by atoms with van der Waals surface area (Å²) in [7, 11) is 3.21. The van der Waals surface area contributed by atoms with Gasteiger partial charge >= 0.3 is 0 Å². The minimum Gasteiger partial charge on any atom is -0.326 e. The van der Waals surface area contributed by atoms with Crippen molar-refractivity contribution >= 4 is 46.0 Å². The molecular weight excluding hydrogens is 317 g/mol. The van der Waals surface area contributed by atoms with Gasteiger partial charge in [-0.2, -0.15) is 0 Å². The Morgan fingerprint density at radius 2 is 2.29 bits per heavy atom. The number of thioether (sulfide) groups is 1. The topological polar surface area (TPSA) is 61.8 Å². The van der Waals surface area contributed by atoms with Gasteiger partial charge in [-0.05, 0) is 18.2 Å². The van der Waals surface area contributed by atoms with Crippen LogP contribution in [0, 0.1) is 5.82 Å². The third kappa shape index (κ3) is 3.54. The van der Waals surface area contributed by atoms with Crippen molar-refractivity contribution in [3.63, 3.8) is 0 Å². The molecule has 5 nitrogen and oxygen atoms in total. The molecule has 0 bridgehead atoms. The van der Waals surface area contributed by atoms with E-state index in [1.54, 1.807) is 14.1 Å². The second-order valence-electron chi connectivity index (χ2n) is 4.39. The van der Waals surface area contributed by atoms with Crippen LogP contribution in [0.2, 0.25) is 5.02 Å². The SMILES string of the molecule is CN=C1SC(CC(=O)Nc2ccc(F)c(Cl)c2)C(=O)N1C. The van der Waals surface area contributed by atoms with Gasteiger partial charge in [-0.1, -0.05) is 23.4 Å². The van der Waals surface area contributed by atoms with Crippen molar-refractivity contribution < 1.29 is 14.0 Å². The zero-order valence-electron chi connectivity index (χ0n) is 11.4. The van der Waals surface area contributed by atoms with Gasteiger partial charge in [0.05, 0.1) is 5.02 Å². The van der Waals surface area contributed by atoms with Crippen LogP contribution in [-0.4, -0.2) is 41.2 Å². The molecule has 112 valence electrons. The average Bonchev–Trinajstić information content (AvgIpc) is 2.70. The van der Waals surface area contributed by atoms with Crippen LogP contribution in [0.25, 0.3) is 0 Å². The first-order chi connectivity index (χ1) is 9.92. The van der Waals surface area contributed by atoms with E-state index in [9.17, 15) is 14.0 Å². The molecule has 0 radical (unpaired) electrons. The van der Waals surface area contributed by atoms with Crippen LogP contribution < -0.4 is 5.32 Å². The molecule has 1 saturated heterocycles. The highest BCUT2D eigenvalue weighted by molar-refractivity contribution is 8.15. The molecule has 1 fully saturated rings. The second kappa shape index (κ2) is 6.44. The largest absolute Gasteiger partial charge is 0.326 e. The molecule has 0 saturated carbocycles. The molecule has 1 heterocycles. The maximum Gasteiger partial charge on any atom is 0.242 e. The molecule has 1 N–H and O–H groups in total. The molecule has 21 heavy (non-hydrogen) atoms. The highest BCUT2D eigenvalue weighted by atomic mass is 35.5. The lowest BCUT2D eigenvalue weighted by atomic mass is 10.2. The molecule has 1 unspecified atom stereocenters. The number of nitrogens with one attached hydrogen (secondary N) is 1. The van der Waals surface area contributed by atoms with Gasteiger partial charge in [-0.25, -0.2) is 4.39 Å². The standard InChI is InChI=1S/C13H13ClFN3O2S/c1-16-13-18(2)12(20)10(21-13)6-11(19)17-7-3-4-9(15)8(14)5-7/h3-5,10H,6H2,1-2H3,(H,17,19). The van der Waals surface area contributed by atoms with Gasteiger partial charge in [-0.15, -0.1) is 0 Å². The van der Waals surface area contributed by atoms with Crippen molar-refractivity contribution in [1.29, 1.82) is 0 Å². The quantitative estimate of drug-likeness (QED) is 0.926. The van der Waals surface area contributed by atoms with Crippen LogP contribution in [0.4, 0.5) is 10.1 Å². The van der Waals surface area contributed by atoms with E-state index >= 15 is 0 Å². The molecule has 1 aromatic rings. The Labute approximate surface area is 130 Å². The predicted molar refractivity (Wildman–Crippen MR) is 82.2 cm³/mol. The Hall–Kier alpha value is -1.60. The molecule has 0 spiro atoms. The Morgan fingerprint density at radius 3 is 2.86 bits per heavy atom. The van der Waals surface area contributed by atoms with Crippen molar-refractivity contribution in [2.45, 2.75) is 11.7 Å². The molecule has 1 aliphatic rings. The van der Waals surface area contributed by atoms with Crippen molar-refractivity contribution in [2.24, 2.45) is 4.99 Å². The summed E-state index contributed by atoms with van der Waals surface area (Å²) in [6.07, 6.45) is 0.0157. The fourth-order valence-corrected chi connectivity index (χ4v) is 3.14. The fraction of sp³-hybridized carbons (Fsp3) is 0.308. The maximum absolute atomic E-state index is 13.0. The highest BCUT2D eigenvalue weighted by Gasteiger charge is 2.36. The number of amidine groups is 1. The molecule has 8 heteroatoms. The minimum absolute atomic E-state index is 0.0157. The second-order valence-corrected chi connectivity index (χ2v) is 5.97. The first-order valence-corrected chi connectivity index (χ1v) is 7.34. The molecule has 0 aromatic heterocycles. The molecule has 1 aromatic carbocycles. The first-order valence-electron chi connectivity index (χ1n) is 6.08. The summed E-state index contributed by atoms with van der Waals surface area (Å²) in [4.78, 5) is 29.3. The predicted octanol–water partition coefficient (Wildman–Crippen LogP) is 2.37. The van der Waals surface area contributed by atoms with E-state index in [-0.39, 0.29) is 23.3 Å². The number of carbonyl (C=O) groups excluding carboxylic acids is 2. The lowest BCUT2D eigenvalue weighted by molar-refractivity contribution is -0.127. The van der Waals surface area contributed by atoms with Gasteiger partial charge in [0.15, 0.2) is 5.17 Å². The van der Waals surface area contributed by atoms with Gasteiger partial charge in [0, 0.05) is 26.2 Å². The van der Waals surface area contributed by atoms with Crippen LogP contribution in [0.5, 0.6) is 0 Å². The third-order valence-corrected chi connectivity index (χ3v) is 4.52. The Balaban J connectivity index is 1.99.